The Hall–Kier alpha value is -3.31. The number of nitrogens with zero attached hydrogens (tertiary/aromatic N) is 3. The zero-order valence-electron chi connectivity index (χ0n) is 23.4. The van der Waals surface area contributed by atoms with Crippen molar-refractivity contribution in [3.05, 3.63) is 64.7 Å². The minimum absolute atomic E-state index is 0.0116. The van der Waals surface area contributed by atoms with Gasteiger partial charge >= 0.3 is 0 Å². The zero-order chi connectivity index (χ0) is 29.0. The summed E-state index contributed by atoms with van der Waals surface area (Å²) >= 11 is 1.34. The molecular formula is C31H33FN4O4S2. The fourth-order valence-electron chi connectivity index (χ4n) is 5.93. The molecule has 2 saturated carbocycles. The maximum atomic E-state index is 14.9. The lowest BCUT2D eigenvalue weighted by atomic mass is 9.89. The molecule has 220 valence electrons. The highest BCUT2D eigenvalue weighted by Gasteiger charge is 2.37. The van der Waals surface area contributed by atoms with E-state index in [1.807, 2.05) is 6.07 Å². The van der Waals surface area contributed by atoms with Crippen molar-refractivity contribution in [1.29, 1.82) is 0 Å². The van der Waals surface area contributed by atoms with Crippen LogP contribution in [0.4, 0.5) is 9.52 Å². The number of aromatic nitrogens is 2. The van der Waals surface area contributed by atoms with Crippen LogP contribution >= 0.6 is 11.3 Å². The van der Waals surface area contributed by atoms with E-state index in [2.05, 4.69) is 44.9 Å². The summed E-state index contributed by atoms with van der Waals surface area (Å²) in [6.45, 7) is 3.76. The van der Waals surface area contributed by atoms with E-state index >= 15 is 0 Å². The fraction of sp³-hybridized carbons (Fsp3) is 0.452. The SMILES string of the molecule is Cc1ccccc1-c1noc(C2CC2)c1CCC1CCN(c2nc3c(F)cc(C(=O)NS(=O)(=O)C4CC4)cc3s2)CC1. The second-order valence-corrected chi connectivity index (χ2v) is 14.9. The molecule has 3 aliphatic rings. The molecule has 1 N–H and O–H groups in total. The van der Waals surface area contributed by atoms with Gasteiger partial charge in [-0.2, -0.15) is 0 Å². The normalized spacial score (nSPS) is 18.1. The lowest BCUT2D eigenvalue weighted by molar-refractivity contribution is 0.0981. The van der Waals surface area contributed by atoms with Crippen molar-refractivity contribution >= 4 is 42.6 Å². The molecule has 0 atom stereocenters. The summed E-state index contributed by atoms with van der Waals surface area (Å²) in [7, 11) is -3.71. The van der Waals surface area contributed by atoms with Gasteiger partial charge in [0.25, 0.3) is 5.91 Å². The molecule has 3 heterocycles. The minimum atomic E-state index is -3.71. The number of anilines is 1. The summed E-state index contributed by atoms with van der Waals surface area (Å²) in [5.74, 6) is 0.703. The van der Waals surface area contributed by atoms with Gasteiger partial charge in [-0.1, -0.05) is 40.8 Å². The summed E-state index contributed by atoms with van der Waals surface area (Å²) in [5.41, 5.74) is 4.80. The molecule has 0 bridgehead atoms. The summed E-state index contributed by atoms with van der Waals surface area (Å²) in [6, 6.07) is 10.9. The smallest absolute Gasteiger partial charge is 0.264 e. The van der Waals surface area contributed by atoms with E-state index in [4.69, 9.17) is 4.52 Å². The van der Waals surface area contributed by atoms with Gasteiger partial charge in [0, 0.05) is 35.7 Å². The number of amides is 1. The van der Waals surface area contributed by atoms with Gasteiger partial charge in [0.2, 0.25) is 10.0 Å². The third kappa shape index (κ3) is 5.44. The molecule has 8 nitrogen and oxygen atoms in total. The number of benzene rings is 2. The molecule has 42 heavy (non-hydrogen) atoms. The Balaban J connectivity index is 1.01. The minimum Gasteiger partial charge on any atom is -0.360 e. The third-order valence-corrected chi connectivity index (χ3v) is 11.6. The van der Waals surface area contributed by atoms with E-state index in [1.54, 1.807) is 0 Å². The predicted octanol–water partition coefficient (Wildman–Crippen LogP) is 6.35. The van der Waals surface area contributed by atoms with Crippen molar-refractivity contribution in [3.63, 3.8) is 0 Å². The molecule has 1 amide bonds. The van der Waals surface area contributed by atoms with Gasteiger partial charge in [-0.25, -0.2) is 22.5 Å². The number of thiazole rings is 1. The molecule has 0 unspecified atom stereocenters. The summed E-state index contributed by atoms with van der Waals surface area (Å²) in [5, 5.41) is 4.72. The van der Waals surface area contributed by atoms with Crippen molar-refractivity contribution in [1.82, 2.24) is 14.9 Å². The Bertz CT molecular complexity index is 1770. The molecule has 2 aromatic heterocycles. The van der Waals surface area contributed by atoms with Crippen LogP contribution in [0.2, 0.25) is 0 Å². The van der Waals surface area contributed by atoms with Crippen molar-refractivity contribution in [2.45, 2.75) is 69.5 Å². The largest absolute Gasteiger partial charge is 0.360 e. The lowest BCUT2D eigenvalue weighted by Gasteiger charge is -2.31. The average Bonchev–Trinajstić information content (AvgIpc) is 3.91. The molecule has 4 aromatic rings. The van der Waals surface area contributed by atoms with Crippen LogP contribution < -0.4 is 9.62 Å². The van der Waals surface area contributed by atoms with Gasteiger partial charge < -0.3 is 9.42 Å². The maximum absolute atomic E-state index is 14.9. The Morgan fingerprint density at radius 3 is 2.60 bits per heavy atom. The first-order valence-electron chi connectivity index (χ1n) is 14.7. The van der Waals surface area contributed by atoms with Crippen LogP contribution in [0.25, 0.3) is 21.5 Å². The van der Waals surface area contributed by atoms with Crippen LogP contribution in [-0.2, 0) is 16.4 Å². The number of nitrogens with one attached hydrogen (secondary N) is 1. The van der Waals surface area contributed by atoms with E-state index in [1.165, 1.54) is 41.4 Å². The van der Waals surface area contributed by atoms with Gasteiger partial charge in [0.05, 0.1) is 9.95 Å². The molecule has 1 aliphatic heterocycles. The van der Waals surface area contributed by atoms with E-state index < -0.39 is 27.0 Å². The number of sulfonamides is 1. The summed E-state index contributed by atoms with van der Waals surface area (Å²) in [6.07, 6.45) is 7.44. The van der Waals surface area contributed by atoms with Gasteiger partial charge in [0.15, 0.2) is 10.9 Å². The van der Waals surface area contributed by atoms with Gasteiger partial charge in [-0.05, 0) is 81.9 Å². The predicted molar refractivity (Wildman–Crippen MR) is 161 cm³/mol. The van der Waals surface area contributed by atoms with E-state index in [0.29, 0.717) is 29.4 Å². The van der Waals surface area contributed by atoms with Crippen molar-refractivity contribution in [2.75, 3.05) is 18.0 Å². The first-order valence-corrected chi connectivity index (χ1v) is 17.1. The summed E-state index contributed by atoms with van der Waals surface area (Å²) in [4.78, 5) is 19.3. The van der Waals surface area contributed by atoms with Crippen LogP contribution in [0.1, 0.15) is 78.1 Å². The number of carbonyl (C=O) groups excluding carboxylic acids is 1. The van der Waals surface area contributed by atoms with E-state index in [9.17, 15) is 17.6 Å². The highest BCUT2D eigenvalue weighted by molar-refractivity contribution is 7.91. The molecule has 0 spiro atoms. The number of hydrogen-bond acceptors (Lipinski definition) is 8. The number of aryl methyl sites for hydroxylation is 1. The van der Waals surface area contributed by atoms with E-state index in [-0.39, 0.29) is 11.1 Å². The number of fused-ring (bicyclic) bond motifs is 1. The highest BCUT2D eigenvalue weighted by Crippen LogP contribution is 2.45. The van der Waals surface area contributed by atoms with Gasteiger partial charge in [-0.15, -0.1) is 0 Å². The first kappa shape index (κ1) is 27.5. The number of halogens is 1. The second kappa shape index (κ2) is 10.8. The highest BCUT2D eigenvalue weighted by atomic mass is 32.2. The Morgan fingerprint density at radius 1 is 1.12 bits per heavy atom. The van der Waals surface area contributed by atoms with Crippen molar-refractivity contribution in [2.24, 2.45) is 5.92 Å². The average molecular weight is 609 g/mol. The Morgan fingerprint density at radius 2 is 1.88 bits per heavy atom. The molecule has 2 aliphatic carbocycles. The number of hydrogen-bond donors (Lipinski definition) is 1. The molecule has 0 radical (unpaired) electrons. The van der Waals surface area contributed by atoms with Gasteiger partial charge in [0.1, 0.15) is 17.0 Å². The molecule has 2 aromatic carbocycles. The maximum Gasteiger partial charge on any atom is 0.264 e. The van der Waals surface area contributed by atoms with Crippen molar-refractivity contribution in [3.8, 4) is 11.3 Å². The molecule has 3 fully saturated rings. The van der Waals surface area contributed by atoms with Crippen LogP contribution in [0, 0.1) is 18.7 Å². The van der Waals surface area contributed by atoms with Crippen LogP contribution in [0.5, 0.6) is 0 Å². The monoisotopic (exact) mass is 608 g/mol. The van der Waals surface area contributed by atoms with Crippen molar-refractivity contribution < 1.29 is 22.1 Å². The number of rotatable bonds is 9. The van der Waals surface area contributed by atoms with Gasteiger partial charge in [-0.3, -0.25) is 4.79 Å². The van der Waals surface area contributed by atoms with E-state index in [0.717, 1.165) is 67.0 Å². The second-order valence-electron chi connectivity index (χ2n) is 11.9. The van der Waals surface area contributed by atoms with Crippen LogP contribution in [0.3, 0.4) is 0 Å². The third-order valence-electron chi connectivity index (χ3n) is 8.75. The number of carbonyl (C=O) groups is 1. The van der Waals surface area contributed by atoms with Crippen LogP contribution in [-0.4, -0.2) is 42.8 Å². The Labute approximate surface area is 248 Å². The van der Waals surface area contributed by atoms with Crippen LogP contribution in [0.15, 0.2) is 40.9 Å². The standard InChI is InChI=1S/C31H33FN4O4S2/c1-18-4-2-3-5-23(18)27-24(29(40-34-27)20-7-8-20)11-6-19-12-14-36(15-13-19)31-33-28-25(32)16-21(17-26(28)41-31)30(37)35-42(38,39)22-9-10-22/h2-5,16-17,19-20,22H,6-15H2,1H3,(H,35,37). The fourth-order valence-corrected chi connectivity index (χ4v) is 8.31. The number of piperidine rings is 1. The topological polar surface area (TPSA) is 105 Å². The Kier molecular flexibility index (Phi) is 7.05. The lowest BCUT2D eigenvalue weighted by Crippen LogP contribution is -2.33. The molecular weight excluding hydrogens is 575 g/mol. The zero-order valence-corrected chi connectivity index (χ0v) is 25.1. The summed E-state index contributed by atoms with van der Waals surface area (Å²) < 4.78 is 47.8. The molecule has 11 heteroatoms. The quantitative estimate of drug-likeness (QED) is 0.236. The molecule has 1 saturated heterocycles. The molecule has 7 rings (SSSR count). The first-order chi connectivity index (χ1) is 20.3.